The standard InChI is InChI=1S/C24H23ClF4N4O4/c1-2-37-12-15(22(35)36)10-17(30-21(34)20-31-23(33-32-20)24(27,28)29)9-13-3-5-14(6-4-13)18-11-16(25)7-8-19(18)26/h3-8,11,15,17H,2,9-10,12H2,1H3,(H,30,34)(H,35,36)(H,31,32,33)/t15-,17+/m0/s1. The summed E-state index contributed by atoms with van der Waals surface area (Å²) in [6.07, 6.45) is -4.78. The van der Waals surface area contributed by atoms with E-state index < -0.39 is 47.5 Å². The third kappa shape index (κ3) is 7.73. The normalized spacial score (nSPS) is 13.2. The maximum absolute atomic E-state index is 14.2. The van der Waals surface area contributed by atoms with Gasteiger partial charge in [0.25, 0.3) is 5.91 Å². The molecule has 2 atom stereocenters. The Kier molecular flexibility index (Phi) is 9.22. The maximum Gasteiger partial charge on any atom is 0.451 e. The van der Waals surface area contributed by atoms with Crippen molar-refractivity contribution in [1.82, 2.24) is 20.5 Å². The molecule has 0 saturated carbocycles. The molecular weight excluding hydrogens is 520 g/mol. The number of nitrogens with one attached hydrogen (secondary N) is 2. The number of benzene rings is 2. The third-order valence-electron chi connectivity index (χ3n) is 5.41. The molecule has 3 aromatic rings. The molecule has 0 aliphatic heterocycles. The van der Waals surface area contributed by atoms with Crippen molar-refractivity contribution in [2.45, 2.75) is 32.0 Å². The number of H-pyrrole nitrogens is 1. The second kappa shape index (κ2) is 12.2. The lowest BCUT2D eigenvalue weighted by Gasteiger charge is -2.22. The maximum atomic E-state index is 14.2. The van der Waals surface area contributed by atoms with Gasteiger partial charge in [0.15, 0.2) is 0 Å². The smallest absolute Gasteiger partial charge is 0.451 e. The first-order valence-electron chi connectivity index (χ1n) is 11.1. The molecule has 1 heterocycles. The molecule has 8 nitrogen and oxygen atoms in total. The van der Waals surface area contributed by atoms with E-state index in [0.717, 1.165) is 0 Å². The first kappa shape index (κ1) is 28.1. The fourth-order valence-corrected chi connectivity index (χ4v) is 3.77. The minimum atomic E-state index is -4.82. The van der Waals surface area contributed by atoms with E-state index in [-0.39, 0.29) is 31.6 Å². The molecule has 13 heteroatoms. The molecule has 0 aliphatic carbocycles. The quantitative estimate of drug-likeness (QED) is 0.301. The number of carbonyl (C=O) groups excluding carboxylic acids is 1. The second-order valence-corrected chi connectivity index (χ2v) is 8.57. The van der Waals surface area contributed by atoms with Crippen LogP contribution in [0, 0.1) is 11.7 Å². The number of amides is 1. The van der Waals surface area contributed by atoms with Crippen LogP contribution in [0.2, 0.25) is 5.02 Å². The largest absolute Gasteiger partial charge is 0.481 e. The van der Waals surface area contributed by atoms with Gasteiger partial charge in [0.2, 0.25) is 11.6 Å². The Morgan fingerprint density at radius 2 is 1.89 bits per heavy atom. The topological polar surface area (TPSA) is 117 Å². The third-order valence-corrected chi connectivity index (χ3v) is 5.64. The van der Waals surface area contributed by atoms with E-state index in [2.05, 4.69) is 15.4 Å². The van der Waals surface area contributed by atoms with Gasteiger partial charge < -0.3 is 15.2 Å². The molecule has 0 aliphatic rings. The number of hydrogen-bond acceptors (Lipinski definition) is 5. The van der Waals surface area contributed by atoms with Gasteiger partial charge in [0.1, 0.15) is 5.82 Å². The van der Waals surface area contributed by atoms with E-state index in [9.17, 15) is 32.3 Å². The predicted octanol–water partition coefficient (Wildman–Crippen LogP) is 4.75. The number of aromatic nitrogens is 3. The number of halogens is 5. The lowest BCUT2D eigenvalue weighted by atomic mass is 9.94. The van der Waals surface area contributed by atoms with E-state index >= 15 is 0 Å². The van der Waals surface area contributed by atoms with Gasteiger partial charge in [0.05, 0.1) is 12.5 Å². The van der Waals surface area contributed by atoms with Crippen LogP contribution in [0.3, 0.4) is 0 Å². The van der Waals surface area contributed by atoms with E-state index in [4.69, 9.17) is 16.3 Å². The molecule has 198 valence electrons. The van der Waals surface area contributed by atoms with Crippen LogP contribution in [0.25, 0.3) is 11.1 Å². The van der Waals surface area contributed by atoms with Gasteiger partial charge in [-0.2, -0.15) is 18.2 Å². The van der Waals surface area contributed by atoms with Crippen LogP contribution in [0.4, 0.5) is 17.6 Å². The number of hydrogen-bond donors (Lipinski definition) is 3. The monoisotopic (exact) mass is 542 g/mol. The highest BCUT2D eigenvalue weighted by Gasteiger charge is 2.36. The average Bonchev–Trinajstić information content (AvgIpc) is 3.35. The van der Waals surface area contributed by atoms with Gasteiger partial charge in [-0.1, -0.05) is 35.9 Å². The minimum Gasteiger partial charge on any atom is -0.481 e. The molecule has 0 unspecified atom stereocenters. The van der Waals surface area contributed by atoms with Crippen LogP contribution in [0.1, 0.15) is 35.4 Å². The highest BCUT2D eigenvalue weighted by molar-refractivity contribution is 6.30. The van der Waals surface area contributed by atoms with Gasteiger partial charge in [-0.05, 0) is 49.1 Å². The SMILES string of the molecule is CCOC[C@H](C[C@@H](Cc1ccc(-c2cc(Cl)ccc2F)cc1)NC(=O)c1n[nH]c(C(F)(F)F)n1)C(=O)O. The summed E-state index contributed by atoms with van der Waals surface area (Å²) in [5.41, 5.74) is 1.49. The Morgan fingerprint density at radius 1 is 1.19 bits per heavy atom. The molecule has 3 N–H and O–H groups in total. The highest BCUT2D eigenvalue weighted by atomic mass is 35.5. The molecule has 0 spiro atoms. The predicted molar refractivity (Wildman–Crippen MR) is 125 cm³/mol. The molecule has 3 rings (SSSR count). The molecule has 0 bridgehead atoms. The van der Waals surface area contributed by atoms with Crippen LogP contribution in [-0.4, -0.2) is 51.4 Å². The lowest BCUT2D eigenvalue weighted by Crippen LogP contribution is -2.40. The average molecular weight is 543 g/mol. The zero-order valence-electron chi connectivity index (χ0n) is 19.5. The second-order valence-electron chi connectivity index (χ2n) is 8.13. The van der Waals surface area contributed by atoms with E-state index in [1.165, 1.54) is 18.2 Å². The summed E-state index contributed by atoms with van der Waals surface area (Å²) in [6, 6.07) is 9.95. The van der Waals surface area contributed by atoms with Gasteiger partial charge in [-0.15, -0.1) is 5.10 Å². The van der Waals surface area contributed by atoms with Gasteiger partial charge in [0, 0.05) is 23.2 Å². The summed E-state index contributed by atoms with van der Waals surface area (Å²) in [5.74, 6) is -5.79. The Bertz CT molecular complexity index is 1230. The minimum absolute atomic E-state index is 0.0811. The van der Waals surface area contributed by atoms with Crippen molar-refractivity contribution in [2.24, 2.45) is 5.92 Å². The summed E-state index contributed by atoms with van der Waals surface area (Å²) in [5, 5.41) is 17.4. The molecule has 1 amide bonds. The lowest BCUT2D eigenvalue weighted by molar-refractivity contribution is -0.145. The van der Waals surface area contributed by atoms with E-state index in [1.54, 1.807) is 36.3 Å². The molecule has 0 saturated heterocycles. The number of carboxylic acid groups (broad SMARTS) is 1. The number of ether oxygens (including phenoxy) is 1. The zero-order valence-corrected chi connectivity index (χ0v) is 20.2. The van der Waals surface area contributed by atoms with E-state index in [0.29, 0.717) is 16.1 Å². The summed E-state index contributed by atoms with van der Waals surface area (Å²) >= 11 is 5.96. The van der Waals surface area contributed by atoms with Crippen molar-refractivity contribution in [2.75, 3.05) is 13.2 Å². The summed E-state index contributed by atoms with van der Waals surface area (Å²) in [7, 11) is 0. The number of rotatable bonds is 11. The Balaban J connectivity index is 1.82. The van der Waals surface area contributed by atoms with Crippen molar-refractivity contribution < 1.29 is 37.0 Å². The van der Waals surface area contributed by atoms with Crippen molar-refractivity contribution >= 4 is 23.5 Å². The van der Waals surface area contributed by atoms with Crippen LogP contribution in [0.15, 0.2) is 42.5 Å². The zero-order chi connectivity index (χ0) is 27.2. The van der Waals surface area contributed by atoms with Crippen LogP contribution in [0.5, 0.6) is 0 Å². The number of carboxylic acids is 1. The van der Waals surface area contributed by atoms with E-state index in [1.807, 2.05) is 0 Å². The highest BCUT2D eigenvalue weighted by Crippen LogP contribution is 2.27. The summed E-state index contributed by atoms with van der Waals surface area (Å²) in [6.45, 7) is 1.85. The van der Waals surface area contributed by atoms with Crippen LogP contribution >= 0.6 is 11.6 Å². The van der Waals surface area contributed by atoms with Crippen molar-refractivity contribution in [3.63, 3.8) is 0 Å². The van der Waals surface area contributed by atoms with Crippen LogP contribution in [-0.2, 0) is 22.1 Å². The van der Waals surface area contributed by atoms with Crippen molar-refractivity contribution in [1.29, 1.82) is 0 Å². The number of aliphatic carboxylic acids is 1. The first-order valence-corrected chi connectivity index (χ1v) is 11.5. The number of nitrogens with zero attached hydrogens (tertiary/aromatic N) is 2. The molecular formula is C24H23ClF4N4O4. The summed E-state index contributed by atoms with van der Waals surface area (Å²) in [4.78, 5) is 27.5. The van der Waals surface area contributed by atoms with Crippen LogP contribution < -0.4 is 5.32 Å². The van der Waals surface area contributed by atoms with Gasteiger partial charge >= 0.3 is 12.1 Å². The van der Waals surface area contributed by atoms with Gasteiger partial charge in [-0.25, -0.2) is 4.39 Å². The van der Waals surface area contributed by atoms with Crippen molar-refractivity contribution in [3.8, 4) is 11.1 Å². The summed E-state index contributed by atoms with van der Waals surface area (Å²) < 4.78 is 57.9. The molecule has 37 heavy (non-hydrogen) atoms. The fourth-order valence-electron chi connectivity index (χ4n) is 3.60. The molecule has 1 aromatic heterocycles. The molecule has 0 fully saturated rings. The van der Waals surface area contributed by atoms with Gasteiger partial charge in [-0.3, -0.25) is 14.7 Å². The molecule has 2 aromatic carbocycles. The first-order chi connectivity index (χ1) is 17.5. The fraction of sp³-hybridized carbons (Fsp3) is 0.333. The molecule has 0 radical (unpaired) electrons. The number of aromatic amines is 1. The Hall–Kier alpha value is -3.51. The Labute approximate surface area is 214 Å². The number of alkyl halides is 3. The Morgan fingerprint density at radius 3 is 2.49 bits per heavy atom. The number of carbonyl (C=O) groups is 2. The van der Waals surface area contributed by atoms with Crippen molar-refractivity contribution in [3.05, 3.63) is 70.5 Å².